The number of ketones is 1. The Balaban J connectivity index is 1.84. The van der Waals surface area contributed by atoms with Crippen LogP contribution >= 0.6 is 0 Å². The van der Waals surface area contributed by atoms with Gasteiger partial charge in [-0.1, -0.05) is 30.3 Å². The highest BCUT2D eigenvalue weighted by atomic mass is 16.2. The van der Waals surface area contributed by atoms with E-state index in [0.717, 1.165) is 32.4 Å². The van der Waals surface area contributed by atoms with E-state index in [1.165, 1.54) is 12.5 Å². The minimum absolute atomic E-state index is 0.326. The smallest absolute Gasteiger partial charge is 0.289 e. The molecule has 0 atom stereocenters. The fourth-order valence-electron chi connectivity index (χ4n) is 2.51. The number of benzene rings is 1. The molecule has 1 aliphatic rings. The Bertz CT molecular complexity index is 419. The number of rotatable bonds is 3. The SMILES string of the molecule is CC(=O)C(=O)N1CCC(Cc2ccccc2)CC1. The van der Waals surface area contributed by atoms with Crippen molar-refractivity contribution in [1.29, 1.82) is 0 Å². The van der Waals surface area contributed by atoms with Gasteiger partial charge in [-0.3, -0.25) is 9.59 Å². The molecule has 1 aliphatic heterocycles. The maximum atomic E-state index is 11.5. The van der Waals surface area contributed by atoms with Crippen molar-refractivity contribution in [3.05, 3.63) is 35.9 Å². The number of Topliss-reactive ketones (excluding diaryl/α,β-unsaturated/α-hetero) is 1. The van der Waals surface area contributed by atoms with Crippen LogP contribution in [0.15, 0.2) is 30.3 Å². The molecule has 2 rings (SSSR count). The van der Waals surface area contributed by atoms with Crippen LogP contribution in [0.3, 0.4) is 0 Å². The molecule has 0 saturated carbocycles. The summed E-state index contributed by atoms with van der Waals surface area (Å²) < 4.78 is 0. The number of hydrogen-bond acceptors (Lipinski definition) is 2. The Kier molecular flexibility index (Phi) is 4.13. The van der Waals surface area contributed by atoms with E-state index in [1.54, 1.807) is 4.90 Å². The van der Waals surface area contributed by atoms with Crippen molar-refractivity contribution >= 4 is 11.7 Å². The molecule has 0 N–H and O–H groups in total. The van der Waals surface area contributed by atoms with Gasteiger partial charge in [-0.15, -0.1) is 0 Å². The van der Waals surface area contributed by atoms with Gasteiger partial charge in [0.25, 0.3) is 5.91 Å². The Labute approximate surface area is 108 Å². The Morgan fingerprint density at radius 3 is 2.33 bits per heavy atom. The molecule has 0 spiro atoms. The number of nitrogens with zero attached hydrogens (tertiary/aromatic N) is 1. The number of hydrogen-bond donors (Lipinski definition) is 0. The van der Waals surface area contributed by atoms with Crippen molar-refractivity contribution in [2.75, 3.05) is 13.1 Å². The summed E-state index contributed by atoms with van der Waals surface area (Å²) in [4.78, 5) is 24.2. The molecule has 1 fully saturated rings. The molecule has 1 amide bonds. The van der Waals surface area contributed by atoms with Crippen LogP contribution in [0.2, 0.25) is 0 Å². The predicted octanol–water partition coefficient (Wildman–Crippen LogP) is 2.06. The van der Waals surface area contributed by atoms with Gasteiger partial charge in [-0.25, -0.2) is 0 Å². The van der Waals surface area contributed by atoms with Crippen LogP contribution in [0.1, 0.15) is 25.3 Å². The second-order valence-corrected chi connectivity index (χ2v) is 4.98. The van der Waals surface area contributed by atoms with Crippen LogP contribution < -0.4 is 0 Å². The highest BCUT2D eigenvalue weighted by Gasteiger charge is 2.24. The normalized spacial score (nSPS) is 16.6. The number of carbonyl (C=O) groups excluding carboxylic acids is 2. The van der Waals surface area contributed by atoms with Crippen LogP contribution in [0.4, 0.5) is 0 Å². The molecule has 1 heterocycles. The summed E-state index contributed by atoms with van der Waals surface area (Å²) in [6, 6.07) is 10.4. The first-order valence-electron chi connectivity index (χ1n) is 6.50. The highest BCUT2D eigenvalue weighted by molar-refractivity contribution is 6.35. The average molecular weight is 245 g/mol. The number of piperidine rings is 1. The Morgan fingerprint density at radius 2 is 1.78 bits per heavy atom. The van der Waals surface area contributed by atoms with E-state index in [4.69, 9.17) is 0 Å². The molecule has 18 heavy (non-hydrogen) atoms. The zero-order chi connectivity index (χ0) is 13.0. The predicted molar refractivity (Wildman–Crippen MR) is 70.1 cm³/mol. The lowest BCUT2D eigenvalue weighted by Crippen LogP contribution is -2.41. The van der Waals surface area contributed by atoms with E-state index < -0.39 is 0 Å². The summed E-state index contributed by atoms with van der Waals surface area (Å²) in [6.07, 6.45) is 3.06. The molecule has 3 nitrogen and oxygen atoms in total. The van der Waals surface area contributed by atoms with Gasteiger partial charge >= 0.3 is 0 Å². The fraction of sp³-hybridized carbons (Fsp3) is 0.467. The van der Waals surface area contributed by atoms with E-state index in [0.29, 0.717) is 5.92 Å². The largest absolute Gasteiger partial charge is 0.336 e. The summed E-state index contributed by atoms with van der Waals surface area (Å²) in [7, 11) is 0. The van der Waals surface area contributed by atoms with Crippen molar-refractivity contribution < 1.29 is 9.59 Å². The van der Waals surface area contributed by atoms with E-state index >= 15 is 0 Å². The third-order valence-corrected chi connectivity index (χ3v) is 3.57. The molecule has 1 saturated heterocycles. The van der Waals surface area contributed by atoms with Crippen LogP contribution in [0.25, 0.3) is 0 Å². The van der Waals surface area contributed by atoms with Gasteiger partial charge in [-0.05, 0) is 30.7 Å². The third kappa shape index (κ3) is 3.19. The molecule has 96 valence electrons. The van der Waals surface area contributed by atoms with Gasteiger partial charge in [0, 0.05) is 20.0 Å². The van der Waals surface area contributed by atoms with Gasteiger partial charge in [-0.2, -0.15) is 0 Å². The second-order valence-electron chi connectivity index (χ2n) is 4.98. The molecular formula is C15H19NO2. The fourth-order valence-corrected chi connectivity index (χ4v) is 2.51. The molecule has 3 heteroatoms. The van der Waals surface area contributed by atoms with Gasteiger partial charge in [0.2, 0.25) is 5.78 Å². The highest BCUT2D eigenvalue weighted by Crippen LogP contribution is 2.21. The Morgan fingerprint density at radius 1 is 1.17 bits per heavy atom. The monoisotopic (exact) mass is 245 g/mol. The molecule has 0 bridgehead atoms. The molecule has 0 aliphatic carbocycles. The topological polar surface area (TPSA) is 37.4 Å². The zero-order valence-corrected chi connectivity index (χ0v) is 10.8. The van der Waals surface area contributed by atoms with Crippen molar-refractivity contribution in [3.63, 3.8) is 0 Å². The van der Waals surface area contributed by atoms with Crippen molar-refractivity contribution in [2.45, 2.75) is 26.2 Å². The Hall–Kier alpha value is -1.64. The summed E-state index contributed by atoms with van der Waals surface area (Å²) in [5.74, 6) is -0.0481. The van der Waals surface area contributed by atoms with Gasteiger partial charge < -0.3 is 4.90 Å². The maximum Gasteiger partial charge on any atom is 0.289 e. The van der Waals surface area contributed by atoms with Crippen LogP contribution in [0.5, 0.6) is 0 Å². The van der Waals surface area contributed by atoms with Crippen LogP contribution in [-0.2, 0) is 16.0 Å². The first-order chi connectivity index (χ1) is 8.66. The van der Waals surface area contributed by atoms with E-state index in [-0.39, 0.29) is 11.7 Å². The molecular weight excluding hydrogens is 226 g/mol. The molecule has 0 unspecified atom stereocenters. The third-order valence-electron chi connectivity index (χ3n) is 3.57. The average Bonchev–Trinajstić information content (AvgIpc) is 2.40. The number of likely N-dealkylation sites (tertiary alicyclic amines) is 1. The summed E-state index contributed by atoms with van der Waals surface area (Å²) in [5, 5.41) is 0. The lowest BCUT2D eigenvalue weighted by Gasteiger charge is -2.31. The standard InChI is InChI=1S/C15H19NO2/c1-12(17)15(18)16-9-7-14(8-10-16)11-13-5-3-2-4-6-13/h2-6,14H,7-11H2,1H3. The van der Waals surface area contributed by atoms with Crippen LogP contribution in [-0.4, -0.2) is 29.7 Å². The van der Waals surface area contributed by atoms with Gasteiger partial charge in [0.1, 0.15) is 0 Å². The minimum atomic E-state index is -0.350. The molecule has 1 aromatic carbocycles. The first-order valence-corrected chi connectivity index (χ1v) is 6.50. The number of carbonyl (C=O) groups is 2. The molecule has 1 aromatic rings. The van der Waals surface area contributed by atoms with E-state index in [1.807, 2.05) is 6.07 Å². The lowest BCUT2D eigenvalue weighted by molar-refractivity contribution is -0.144. The zero-order valence-electron chi connectivity index (χ0n) is 10.8. The van der Waals surface area contributed by atoms with E-state index in [9.17, 15) is 9.59 Å². The maximum absolute atomic E-state index is 11.5. The quantitative estimate of drug-likeness (QED) is 0.764. The van der Waals surface area contributed by atoms with Gasteiger partial charge in [0.05, 0.1) is 0 Å². The second kappa shape index (κ2) is 5.80. The molecule has 0 aromatic heterocycles. The van der Waals surface area contributed by atoms with Crippen molar-refractivity contribution in [3.8, 4) is 0 Å². The minimum Gasteiger partial charge on any atom is -0.336 e. The number of amides is 1. The van der Waals surface area contributed by atoms with E-state index in [2.05, 4.69) is 24.3 Å². The summed E-state index contributed by atoms with van der Waals surface area (Å²) in [5.41, 5.74) is 1.36. The van der Waals surface area contributed by atoms with Crippen molar-refractivity contribution in [2.24, 2.45) is 5.92 Å². The van der Waals surface area contributed by atoms with Crippen molar-refractivity contribution in [1.82, 2.24) is 4.90 Å². The van der Waals surface area contributed by atoms with Gasteiger partial charge in [0.15, 0.2) is 0 Å². The summed E-state index contributed by atoms with van der Waals surface area (Å²) in [6.45, 7) is 2.78. The van der Waals surface area contributed by atoms with Crippen LogP contribution in [0, 0.1) is 5.92 Å². The molecule has 0 radical (unpaired) electrons. The lowest BCUT2D eigenvalue weighted by atomic mass is 9.90. The summed E-state index contributed by atoms with van der Waals surface area (Å²) >= 11 is 0. The first kappa shape index (κ1) is 12.8.